The van der Waals surface area contributed by atoms with Crippen molar-refractivity contribution >= 4 is 34.6 Å². The molecule has 1 aliphatic heterocycles. The molecule has 0 aromatic carbocycles. The Bertz CT molecular complexity index is 498. The van der Waals surface area contributed by atoms with Gasteiger partial charge in [-0.1, -0.05) is 11.6 Å². The molecule has 110 valence electrons. The summed E-state index contributed by atoms with van der Waals surface area (Å²) in [5, 5.41) is 15.6. The van der Waals surface area contributed by atoms with Gasteiger partial charge >= 0.3 is 0 Å². The van der Waals surface area contributed by atoms with Crippen LogP contribution in [0.15, 0.2) is 10.4 Å². The second-order valence-corrected chi connectivity index (χ2v) is 6.13. The molecule has 1 aromatic rings. The van der Waals surface area contributed by atoms with Crippen LogP contribution in [0.5, 0.6) is 0 Å². The summed E-state index contributed by atoms with van der Waals surface area (Å²) in [4.78, 5) is 16.6. The zero-order chi connectivity index (χ0) is 14.5. The van der Waals surface area contributed by atoms with Crippen molar-refractivity contribution in [1.82, 2.24) is 4.90 Å². The highest BCUT2D eigenvalue weighted by Crippen LogP contribution is 2.32. The number of nitro groups is 1. The number of hydrogen-bond donors (Lipinski definition) is 1. The van der Waals surface area contributed by atoms with Crippen molar-refractivity contribution in [1.29, 1.82) is 0 Å². The van der Waals surface area contributed by atoms with Gasteiger partial charge in [-0.3, -0.25) is 15.1 Å². The number of rotatable bonds is 6. The average molecular weight is 317 g/mol. The van der Waals surface area contributed by atoms with Crippen molar-refractivity contribution in [3.05, 3.63) is 25.4 Å². The minimum absolute atomic E-state index is 0.0310. The summed E-state index contributed by atoms with van der Waals surface area (Å²) in [6.45, 7) is 4.41. The third-order valence-electron chi connectivity index (χ3n) is 3.12. The molecule has 0 spiro atoms. The molecule has 0 unspecified atom stereocenters. The highest BCUT2D eigenvalue weighted by atomic mass is 35.5. The topological polar surface area (TPSA) is 70.8 Å². The van der Waals surface area contributed by atoms with Gasteiger partial charge < -0.3 is 10.2 Å². The van der Waals surface area contributed by atoms with Crippen LogP contribution in [-0.4, -0.2) is 42.0 Å². The molecule has 0 atom stereocenters. The standard InChI is InChI=1S/C12H17ClN4O2S/c1-9-8-20-11(13)10(9)15-12-14-4-7-16(12)5-2-3-6-17(18)19/h8H,2-7H2,1H3,(H,14,15). The van der Waals surface area contributed by atoms with Crippen LogP contribution in [0.2, 0.25) is 4.34 Å². The van der Waals surface area contributed by atoms with Crippen molar-refractivity contribution in [2.75, 3.05) is 31.5 Å². The number of guanidine groups is 1. The third-order valence-corrected chi connectivity index (χ3v) is 4.46. The Balaban J connectivity index is 1.86. The minimum Gasteiger partial charge on any atom is -0.341 e. The molecule has 8 heteroatoms. The van der Waals surface area contributed by atoms with E-state index in [0.29, 0.717) is 6.42 Å². The van der Waals surface area contributed by atoms with Gasteiger partial charge in [0.2, 0.25) is 6.54 Å². The summed E-state index contributed by atoms with van der Waals surface area (Å²) in [6.07, 6.45) is 1.38. The van der Waals surface area contributed by atoms with E-state index < -0.39 is 0 Å². The monoisotopic (exact) mass is 316 g/mol. The zero-order valence-electron chi connectivity index (χ0n) is 11.3. The number of aliphatic imine (C=N–C) groups is 1. The molecule has 1 aliphatic rings. The molecule has 0 radical (unpaired) electrons. The van der Waals surface area contributed by atoms with Gasteiger partial charge in [0, 0.05) is 24.4 Å². The maximum atomic E-state index is 10.3. The minimum atomic E-state index is -0.272. The van der Waals surface area contributed by atoms with Crippen molar-refractivity contribution in [3.63, 3.8) is 0 Å². The smallest absolute Gasteiger partial charge is 0.203 e. The van der Waals surface area contributed by atoms with Crippen molar-refractivity contribution < 1.29 is 4.92 Å². The predicted molar refractivity (Wildman–Crippen MR) is 82.7 cm³/mol. The van der Waals surface area contributed by atoms with Gasteiger partial charge in [0.15, 0.2) is 5.96 Å². The van der Waals surface area contributed by atoms with E-state index in [1.165, 1.54) is 11.3 Å². The van der Waals surface area contributed by atoms with Gasteiger partial charge in [-0.05, 0) is 24.3 Å². The number of thiophene rings is 1. The number of anilines is 1. The first-order valence-electron chi connectivity index (χ1n) is 6.49. The highest BCUT2D eigenvalue weighted by Gasteiger charge is 2.19. The van der Waals surface area contributed by atoms with Crippen LogP contribution >= 0.6 is 22.9 Å². The number of aryl methyl sites for hydroxylation is 1. The molecule has 0 saturated carbocycles. The summed E-state index contributed by atoms with van der Waals surface area (Å²) in [6, 6.07) is 0. The van der Waals surface area contributed by atoms with E-state index in [2.05, 4.69) is 15.2 Å². The predicted octanol–water partition coefficient (Wildman–Crippen LogP) is 2.85. The van der Waals surface area contributed by atoms with E-state index in [9.17, 15) is 10.1 Å². The largest absolute Gasteiger partial charge is 0.341 e. The number of hydrogen-bond acceptors (Lipinski definition) is 6. The number of nitrogens with zero attached hydrogens (tertiary/aromatic N) is 3. The van der Waals surface area contributed by atoms with Gasteiger partial charge in [-0.15, -0.1) is 11.3 Å². The van der Waals surface area contributed by atoms with Crippen LogP contribution in [0.1, 0.15) is 18.4 Å². The molecule has 2 heterocycles. The Hall–Kier alpha value is -1.34. The van der Waals surface area contributed by atoms with Crippen LogP contribution in [0.4, 0.5) is 5.69 Å². The van der Waals surface area contributed by atoms with Crippen LogP contribution < -0.4 is 5.32 Å². The first-order valence-corrected chi connectivity index (χ1v) is 7.75. The molecule has 1 aromatic heterocycles. The Kier molecular flexibility index (Phi) is 5.19. The van der Waals surface area contributed by atoms with Crippen LogP contribution in [0, 0.1) is 17.0 Å². The lowest BCUT2D eigenvalue weighted by molar-refractivity contribution is -0.480. The lowest BCUT2D eigenvalue weighted by atomic mass is 10.3. The van der Waals surface area contributed by atoms with Gasteiger partial charge in [0.1, 0.15) is 4.34 Å². The number of halogens is 1. The maximum Gasteiger partial charge on any atom is 0.203 e. The lowest BCUT2D eigenvalue weighted by Gasteiger charge is -2.21. The van der Waals surface area contributed by atoms with E-state index in [4.69, 9.17) is 11.6 Å². The normalized spacial score (nSPS) is 14.5. The Labute approximate surface area is 126 Å². The molecular weight excluding hydrogens is 300 g/mol. The fraction of sp³-hybridized carbons (Fsp3) is 0.583. The quantitative estimate of drug-likeness (QED) is 0.497. The molecule has 0 saturated heterocycles. The fourth-order valence-corrected chi connectivity index (χ4v) is 3.09. The molecule has 0 fully saturated rings. The molecule has 20 heavy (non-hydrogen) atoms. The molecule has 1 N–H and O–H groups in total. The van der Waals surface area contributed by atoms with E-state index >= 15 is 0 Å². The second kappa shape index (κ2) is 6.90. The lowest BCUT2D eigenvalue weighted by Crippen LogP contribution is -2.34. The number of unbranched alkanes of at least 4 members (excludes halogenated alkanes) is 1. The summed E-state index contributed by atoms with van der Waals surface area (Å²) < 4.78 is 0.727. The van der Waals surface area contributed by atoms with Gasteiger partial charge in [-0.25, -0.2) is 0 Å². The van der Waals surface area contributed by atoms with Gasteiger partial charge in [0.25, 0.3) is 0 Å². The number of nitrogens with one attached hydrogen (secondary N) is 1. The third kappa shape index (κ3) is 3.83. The molecule has 6 nitrogen and oxygen atoms in total. The molecule has 2 rings (SSSR count). The van der Waals surface area contributed by atoms with Crippen molar-refractivity contribution in [2.45, 2.75) is 19.8 Å². The van der Waals surface area contributed by atoms with Crippen LogP contribution in [0.3, 0.4) is 0 Å². The second-order valence-electron chi connectivity index (χ2n) is 4.65. The van der Waals surface area contributed by atoms with Crippen LogP contribution in [-0.2, 0) is 0 Å². The summed E-state index contributed by atoms with van der Waals surface area (Å²) in [7, 11) is 0. The summed E-state index contributed by atoms with van der Waals surface area (Å²) in [5.74, 6) is 0.814. The SMILES string of the molecule is Cc1csc(Cl)c1NC1=NCCN1CCCC[N+](=O)[O-]. The van der Waals surface area contributed by atoms with E-state index in [0.717, 1.165) is 47.6 Å². The summed E-state index contributed by atoms with van der Waals surface area (Å²) in [5.41, 5.74) is 2.01. The molecule has 0 amide bonds. The van der Waals surface area contributed by atoms with Gasteiger partial charge in [0.05, 0.1) is 12.2 Å². The van der Waals surface area contributed by atoms with Crippen molar-refractivity contribution in [3.8, 4) is 0 Å². The van der Waals surface area contributed by atoms with E-state index in [1.807, 2.05) is 12.3 Å². The Morgan fingerprint density at radius 1 is 1.60 bits per heavy atom. The van der Waals surface area contributed by atoms with Crippen LogP contribution in [0.25, 0.3) is 0 Å². The van der Waals surface area contributed by atoms with Gasteiger partial charge in [-0.2, -0.15) is 0 Å². The molecular formula is C12H17ClN4O2S. The maximum absolute atomic E-state index is 10.3. The average Bonchev–Trinajstić information content (AvgIpc) is 2.96. The van der Waals surface area contributed by atoms with E-state index in [1.54, 1.807) is 0 Å². The summed E-state index contributed by atoms with van der Waals surface area (Å²) >= 11 is 7.64. The van der Waals surface area contributed by atoms with E-state index in [-0.39, 0.29) is 11.5 Å². The Morgan fingerprint density at radius 3 is 3.05 bits per heavy atom. The first kappa shape index (κ1) is 15.1. The van der Waals surface area contributed by atoms with Crippen molar-refractivity contribution in [2.24, 2.45) is 4.99 Å². The molecule has 0 bridgehead atoms. The highest BCUT2D eigenvalue weighted by molar-refractivity contribution is 7.15. The first-order chi connectivity index (χ1) is 9.58. The molecule has 0 aliphatic carbocycles. The fourth-order valence-electron chi connectivity index (χ4n) is 2.03. The Morgan fingerprint density at radius 2 is 2.40 bits per heavy atom. The zero-order valence-corrected chi connectivity index (χ0v) is 12.8.